The normalized spacial score (nSPS) is 18.6. The number of sulfonamides is 2. The van der Waals surface area contributed by atoms with Gasteiger partial charge >= 0.3 is 0 Å². The molecular weight excluding hydrogens is 580 g/mol. The summed E-state index contributed by atoms with van der Waals surface area (Å²) in [6.07, 6.45) is 0.252. The first-order valence-electron chi connectivity index (χ1n) is 13.7. The highest BCUT2D eigenvalue weighted by Crippen LogP contribution is 2.24. The van der Waals surface area contributed by atoms with Crippen molar-refractivity contribution in [3.63, 3.8) is 0 Å². The van der Waals surface area contributed by atoms with Crippen molar-refractivity contribution in [3.8, 4) is 0 Å². The zero-order chi connectivity index (χ0) is 30.3. The van der Waals surface area contributed by atoms with Crippen molar-refractivity contribution < 1.29 is 26.5 Å². The Kier molecular flexibility index (Phi) is 10.5. The molecule has 1 heterocycles. The Balaban J connectivity index is 1.72. The van der Waals surface area contributed by atoms with Gasteiger partial charge in [0.05, 0.1) is 27.9 Å². The average molecular weight is 617 g/mol. The molecule has 0 spiro atoms. The molecule has 3 aromatic carbocycles. The van der Waals surface area contributed by atoms with Gasteiger partial charge in [0.2, 0.25) is 20.0 Å². The number of hydrogen-bond acceptors (Lipinski definition) is 8. The van der Waals surface area contributed by atoms with Gasteiger partial charge in [-0.1, -0.05) is 47.5 Å². The zero-order valence-electron chi connectivity index (χ0n) is 23.7. The molecule has 0 amide bonds. The van der Waals surface area contributed by atoms with E-state index >= 15 is 0 Å². The highest BCUT2D eigenvalue weighted by atomic mass is 32.2. The van der Waals surface area contributed by atoms with Crippen LogP contribution in [0.3, 0.4) is 0 Å². The van der Waals surface area contributed by atoms with E-state index in [9.17, 15) is 26.9 Å². The molecule has 13 heteroatoms. The molecule has 1 unspecified atom stereocenters. The van der Waals surface area contributed by atoms with Crippen LogP contribution in [0.15, 0.2) is 82.6 Å². The lowest BCUT2D eigenvalue weighted by atomic mass is 10.1. The fourth-order valence-electron chi connectivity index (χ4n) is 4.75. The minimum atomic E-state index is -4.07. The summed E-state index contributed by atoms with van der Waals surface area (Å²) in [5.41, 5.74) is 2.47. The van der Waals surface area contributed by atoms with E-state index in [1.54, 1.807) is 60.7 Å². The third kappa shape index (κ3) is 7.79. The summed E-state index contributed by atoms with van der Waals surface area (Å²) in [5.74, 6) is 0. The standard InChI is InChI=1S/C29H36N4O7S2/c1-23-3-11-28(12-4-23)41(36,37)31-16-17-32(42(38,39)29-13-5-24(2)6-14-29)27(22-30-15-19-40-20-18-31)21-25-7-9-26(10-8-25)33(34)35/h3-14,27,30H,15-22H2,1-2H3. The molecule has 0 bridgehead atoms. The number of nitro groups is 1. The fourth-order valence-corrected chi connectivity index (χ4v) is 7.78. The molecule has 1 aliphatic heterocycles. The third-order valence-electron chi connectivity index (χ3n) is 7.17. The molecule has 42 heavy (non-hydrogen) atoms. The van der Waals surface area contributed by atoms with Gasteiger partial charge in [-0.15, -0.1) is 0 Å². The number of nitro benzene ring substituents is 1. The van der Waals surface area contributed by atoms with E-state index in [2.05, 4.69) is 5.32 Å². The van der Waals surface area contributed by atoms with Crippen LogP contribution in [-0.2, 0) is 31.2 Å². The lowest BCUT2D eigenvalue weighted by Crippen LogP contribution is -2.51. The van der Waals surface area contributed by atoms with E-state index in [1.807, 2.05) is 13.8 Å². The summed E-state index contributed by atoms with van der Waals surface area (Å²) in [5, 5.41) is 14.4. The van der Waals surface area contributed by atoms with E-state index < -0.39 is 31.0 Å². The number of nitrogens with one attached hydrogen (secondary N) is 1. The van der Waals surface area contributed by atoms with E-state index in [1.165, 1.54) is 20.7 Å². The summed E-state index contributed by atoms with van der Waals surface area (Å²) >= 11 is 0. The molecule has 4 rings (SSSR count). The number of benzene rings is 3. The molecule has 0 radical (unpaired) electrons. The first kappa shape index (κ1) is 31.7. The second kappa shape index (κ2) is 13.8. The highest BCUT2D eigenvalue weighted by Gasteiger charge is 2.34. The summed E-state index contributed by atoms with van der Waals surface area (Å²) in [4.78, 5) is 10.9. The predicted octanol–water partition coefficient (Wildman–Crippen LogP) is 3.12. The lowest BCUT2D eigenvalue weighted by Gasteiger charge is -2.34. The first-order chi connectivity index (χ1) is 20.0. The van der Waals surface area contributed by atoms with Gasteiger partial charge in [-0.2, -0.15) is 8.61 Å². The average Bonchev–Trinajstić information content (AvgIpc) is 2.95. The molecule has 1 N–H and O–H groups in total. The molecule has 0 aromatic heterocycles. The summed E-state index contributed by atoms with van der Waals surface area (Å²) in [7, 11) is -8.01. The van der Waals surface area contributed by atoms with Crippen LogP contribution in [0.4, 0.5) is 5.69 Å². The Labute approximate surface area is 247 Å². The van der Waals surface area contributed by atoms with Crippen molar-refractivity contribution in [2.24, 2.45) is 0 Å². The molecule has 226 valence electrons. The lowest BCUT2D eigenvalue weighted by molar-refractivity contribution is -0.384. The van der Waals surface area contributed by atoms with Gasteiger partial charge in [-0.3, -0.25) is 10.1 Å². The predicted molar refractivity (Wildman–Crippen MR) is 159 cm³/mol. The minimum absolute atomic E-state index is 0.0572. The number of ether oxygens (including phenoxy) is 1. The first-order valence-corrected chi connectivity index (χ1v) is 16.5. The van der Waals surface area contributed by atoms with Crippen LogP contribution in [0, 0.1) is 24.0 Å². The van der Waals surface area contributed by atoms with Crippen LogP contribution in [0.5, 0.6) is 0 Å². The van der Waals surface area contributed by atoms with Crippen molar-refractivity contribution >= 4 is 25.7 Å². The van der Waals surface area contributed by atoms with Crippen LogP contribution >= 0.6 is 0 Å². The van der Waals surface area contributed by atoms with Gasteiger partial charge in [-0.25, -0.2) is 16.8 Å². The van der Waals surface area contributed by atoms with E-state index in [0.717, 1.165) is 11.1 Å². The maximum Gasteiger partial charge on any atom is 0.269 e. The Morgan fingerprint density at radius 2 is 1.38 bits per heavy atom. The smallest absolute Gasteiger partial charge is 0.269 e. The molecule has 0 saturated carbocycles. The van der Waals surface area contributed by atoms with Gasteiger partial charge in [-0.05, 0) is 50.1 Å². The SMILES string of the molecule is Cc1ccc(S(=O)(=O)N2CCOCCNCC(Cc3ccc([N+](=O)[O-])cc3)N(S(=O)(=O)c3ccc(C)cc3)CC2)cc1. The number of rotatable bonds is 7. The fraction of sp³-hybridized carbons (Fsp3) is 0.379. The van der Waals surface area contributed by atoms with Crippen LogP contribution in [0.2, 0.25) is 0 Å². The summed E-state index contributed by atoms with van der Waals surface area (Å²) in [6.45, 7) is 4.74. The van der Waals surface area contributed by atoms with Crippen LogP contribution in [-0.4, -0.2) is 82.3 Å². The minimum Gasteiger partial charge on any atom is -0.379 e. The number of nitrogens with zero attached hydrogens (tertiary/aromatic N) is 3. The molecule has 0 aliphatic carbocycles. The zero-order valence-corrected chi connectivity index (χ0v) is 25.3. The molecule has 11 nitrogen and oxygen atoms in total. The largest absolute Gasteiger partial charge is 0.379 e. The van der Waals surface area contributed by atoms with Crippen LogP contribution < -0.4 is 5.32 Å². The van der Waals surface area contributed by atoms with Gasteiger partial charge in [0, 0.05) is 50.9 Å². The maximum absolute atomic E-state index is 14.1. The number of hydrogen-bond donors (Lipinski definition) is 1. The maximum atomic E-state index is 14.1. The Morgan fingerprint density at radius 1 is 0.810 bits per heavy atom. The van der Waals surface area contributed by atoms with Gasteiger partial charge in [0.15, 0.2) is 0 Å². The van der Waals surface area contributed by atoms with E-state index in [0.29, 0.717) is 18.7 Å². The van der Waals surface area contributed by atoms with Crippen molar-refractivity contribution in [2.45, 2.75) is 36.1 Å². The topological polar surface area (TPSA) is 139 Å². The van der Waals surface area contributed by atoms with Crippen LogP contribution in [0.25, 0.3) is 0 Å². The van der Waals surface area contributed by atoms with Crippen molar-refractivity contribution in [1.29, 1.82) is 0 Å². The monoisotopic (exact) mass is 616 g/mol. The summed E-state index contributed by atoms with van der Waals surface area (Å²) in [6, 6.07) is 18.5. The Hall–Kier alpha value is -3.20. The molecule has 3 aromatic rings. The molecule has 1 aliphatic rings. The molecule has 1 atom stereocenters. The molecule has 1 saturated heterocycles. The molecule has 1 fully saturated rings. The third-order valence-corrected chi connectivity index (χ3v) is 11.0. The Bertz CT molecular complexity index is 1560. The van der Waals surface area contributed by atoms with Crippen molar-refractivity contribution in [1.82, 2.24) is 13.9 Å². The van der Waals surface area contributed by atoms with Gasteiger partial charge in [0.1, 0.15) is 0 Å². The van der Waals surface area contributed by atoms with E-state index in [4.69, 9.17) is 4.74 Å². The number of aryl methyl sites for hydroxylation is 2. The quantitative estimate of drug-likeness (QED) is 0.316. The van der Waals surface area contributed by atoms with Crippen molar-refractivity contribution in [2.75, 3.05) is 45.9 Å². The number of non-ortho nitro benzene ring substituents is 1. The Morgan fingerprint density at radius 3 is 1.95 bits per heavy atom. The van der Waals surface area contributed by atoms with Crippen LogP contribution in [0.1, 0.15) is 16.7 Å². The highest BCUT2D eigenvalue weighted by molar-refractivity contribution is 7.89. The second-order valence-corrected chi connectivity index (χ2v) is 14.1. The summed E-state index contributed by atoms with van der Waals surface area (Å²) < 4.78 is 63.9. The van der Waals surface area contributed by atoms with Crippen molar-refractivity contribution in [3.05, 3.63) is 99.6 Å². The van der Waals surface area contributed by atoms with Gasteiger partial charge in [0.25, 0.3) is 5.69 Å². The molecular formula is C29H36N4O7S2. The van der Waals surface area contributed by atoms with E-state index in [-0.39, 0.29) is 54.7 Å². The van der Waals surface area contributed by atoms with Gasteiger partial charge < -0.3 is 10.1 Å². The second-order valence-electron chi connectivity index (χ2n) is 10.2.